The van der Waals surface area contributed by atoms with Crippen LogP contribution < -0.4 is 0 Å². The number of aromatic nitrogens is 5. The number of carbonyl (C=O) groups excluding carboxylic acids is 1. The van der Waals surface area contributed by atoms with Gasteiger partial charge in [-0.25, -0.2) is 0 Å². The fraction of sp³-hybridized carbons (Fsp3) is 0.524. The maximum absolute atomic E-state index is 12.3. The first-order chi connectivity index (χ1) is 14.5. The van der Waals surface area contributed by atoms with E-state index in [1.54, 1.807) is 35.2 Å². The number of carboxylic acids is 1. The number of aliphatic carboxylic acids is 1. The molecule has 0 aliphatic heterocycles. The van der Waals surface area contributed by atoms with Crippen molar-refractivity contribution in [2.45, 2.75) is 58.0 Å². The van der Waals surface area contributed by atoms with Gasteiger partial charge in [-0.15, -0.1) is 5.10 Å². The van der Waals surface area contributed by atoms with E-state index >= 15 is 0 Å². The van der Waals surface area contributed by atoms with Crippen LogP contribution in [-0.2, 0) is 29.1 Å². The molecule has 30 heavy (non-hydrogen) atoms. The molecule has 9 heteroatoms. The third kappa shape index (κ3) is 5.71. The Bertz CT molecular complexity index is 882. The monoisotopic (exact) mass is 412 g/mol. The predicted octanol–water partition coefficient (Wildman–Crippen LogP) is 2.25. The molecule has 0 saturated carbocycles. The summed E-state index contributed by atoms with van der Waals surface area (Å²) >= 11 is 0. The molecule has 1 aliphatic rings. The summed E-state index contributed by atoms with van der Waals surface area (Å²) in [6, 6.07) is 0. The summed E-state index contributed by atoms with van der Waals surface area (Å²) in [5.41, 5.74) is 0.680. The van der Waals surface area contributed by atoms with E-state index in [1.165, 1.54) is 0 Å². The molecular formula is C21H28N6O3. The molecule has 9 nitrogen and oxygen atoms in total. The highest BCUT2D eigenvalue weighted by Gasteiger charge is 2.39. The molecule has 1 atom stereocenters. The van der Waals surface area contributed by atoms with Crippen LogP contribution in [0.2, 0.25) is 0 Å². The summed E-state index contributed by atoms with van der Waals surface area (Å²) in [6.45, 7) is 1.09. The topological polar surface area (TPSA) is 114 Å². The largest absolute Gasteiger partial charge is 0.481 e. The minimum absolute atomic E-state index is 0.0636. The molecule has 1 unspecified atom stereocenters. The number of carboxylic acid groups (broad SMARTS) is 1. The van der Waals surface area contributed by atoms with Crippen LogP contribution in [-0.4, -0.2) is 53.9 Å². The van der Waals surface area contributed by atoms with E-state index in [1.807, 2.05) is 18.3 Å². The van der Waals surface area contributed by atoms with Crippen molar-refractivity contribution in [1.82, 2.24) is 29.9 Å². The Morgan fingerprint density at radius 3 is 2.80 bits per heavy atom. The molecule has 0 saturated heterocycles. The van der Waals surface area contributed by atoms with E-state index in [2.05, 4.69) is 20.3 Å². The summed E-state index contributed by atoms with van der Waals surface area (Å²) < 4.78 is 1.73. The molecule has 2 aromatic rings. The number of hydrogen-bond donors (Lipinski definition) is 1. The zero-order chi connectivity index (χ0) is 21.4. The van der Waals surface area contributed by atoms with Gasteiger partial charge in [-0.2, -0.15) is 0 Å². The number of rotatable bonds is 10. The van der Waals surface area contributed by atoms with Gasteiger partial charge in [0.1, 0.15) is 0 Å². The van der Waals surface area contributed by atoms with E-state index < -0.39 is 11.4 Å². The van der Waals surface area contributed by atoms with Crippen molar-refractivity contribution in [1.29, 1.82) is 0 Å². The van der Waals surface area contributed by atoms with Crippen molar-refractivity contribution >= 4 is 11.9 Å². The Morgan fingerprint density at radius 2 is 2.10 bits per heavy atom. The Morgan fingerprint density at radius 1 is 1.23 bits per heavy atom. The molecule has 2 heterocycles. The van der Waals surface area contributed by atoms with Crippen molar-refractivity contribution < 1.29 is 14.7 Å². The van der Waals surface area contributed by atoms with Crippen molar-refractivity contribution in [2.75, 3.05) is 7.05 Å². The summed E-state index contributed by atoms with van der Waals surface area (Å²) in [5, 5.41) is 18.0. The normalized spacial score (nSPS) is 18.3. The summed E-state index contributed by atoms with van der Waals surface area (Å²) in [6.07, 6.45) is 15.0. The van der Waals surface area contributed by atoms with Gasteiger partial charge in [-0.3, -0.25) is 24.2 Å². The number of hydrogen-bond acceptors (Lipinski definition) is 6. The lowest BCUT2D eigenvalue weighted by molar-refractivity contribution is -0.149. The Labute approximate surface area is 175 Å². The second-order valence-electron chi connectivity index (χ2n) is 7.85. The Hall–Kier alpha value is -3.10. The average Bonchev–Trinajstić information content (AvgIpc) is 3.19. The highest BCUT2D eigenvalue weighted by molar-refractivity contribution is 5.76. The summed E-state index contributed by atoms with van der Waals surface area (Å²) in [7, 11) is 1.76. The zero-order valence-corrected chi connectivity index (χ0v) is 17.3. The lowest BCUT2D eigenvalue weighted by Gasteiger charge is -2.29. The molecule has 0 fully saturated rings. The molecule has 2 aromatic heterocycles. The van der Waals surface area contributed by atoms with Crippen molar-refractivity contribution in [3.63, 3.8) is 0 Å². The molecule has 3 rings (SSSR count). The molecule has 0 aromatic carbocycles. The lowest BCUT2D eigenvalue weighted by Crippen LogP contribution is -2.34. The third-order valence-corrected chi connectivity index (χ3v) is 5.49. The Kier molecular flexibility index (Phi) is 7.26. The van der Waals surface area contributed by atoms with Crippen LogP contribution in [0, 0.1) is 5.41 Å². The van der Waals surface area contributed by atoms with E-state index in [0.29, 0.717) is 44.5 Å². The minimum Gasteiger partial charge on any atom is -0.481 e. The SMILES string of the molecule is CN(Cc1cnccn1)C(=O)CCCCn1cc(CC2(C(=O)O)CC=CCC2)nn1. The molecule has 1 N–H and O–H groups in total. The quantitative estimate of drug-likeness (QED) is 0.470. The first-order valence-corrected chi connectivity index (χ1v) is 10.2. The van der Waals surface area contributed by atoms with Gasteiger partial charge in [-0.05, 0) is 32.1 Å². The van der Waals surface area contributed by atoms with Gasteiger partial charge in [0.25, 0.3) is 0 Å². The summed E-state index contributed by atoms with van der Waals surface area (Å²) in [4.78, 5) is 33.9. The fourth-order valence-electron chi connectivity index (χ4n) is 3.68. The van der Waals surface area contributed by atoms with Crippen LogP contribution in [0.15, 0.2) is 36.9 Å². The fourth-order valence-corrected chi connectivity index (χ4v) is 3.68. The highest BCUT2D eigenvalue weighted by atomic mass is 16.4. The third-order valence-electron chi connectivity index (χ3n) is 5.49. The van der Waals surface area contributed by atoms with Gasteiger partial charge in [0, 0.05) is 45.0 Å². The van der Waals surface area contributed by atoms with Gasteiger partial charge in [-0.1, -0.05) is 17.4 Å². The number of carbonyl (C=O) groups is 2. The van der Waals surface area contributed by atoms with E-state index in [-0.39, 0.29) is 5.91 Å². The van der Waals surface area contributed by atoms with Crippen LogP contribution in [0.3, 0.4) is 0 Å². The molecule has 1 amide bonds. The maximum Gasteiger partial charge on any atom is 0.310 e. The van der Waals surface area contributed by atoms with E-state index in [9.17, 15) is 14.7 Å². The number of aryl methyl sites for hydroxylation is 1. The average molecular weight is 412 g/mol. The molecule has 0 spiro atoms. The molecule has 0 bridgehead atoms. The summed E-state index contributed by atoms with van der Waals surface area (Å²) in [5.74, 6) is -0.709. The zero-order valence-electron chi connectivity index (χ0n) is 17.3. The smallest absolute Gasteiger partial charge is 0.310 e. The van der Waals surface area contributed by atoms with Crippen LogP contribution in [0.1, 0.15) is 49.9 Å². The first kappa shape index (κ1) is 21.6. The van der Waals surface area contributed by atoms with E-state index in [4.69, 9.17) is 0 Å². The maximum atomic E-state index is 12.3. The van der Waals surface area contributed by atoms with Gasteiger partial charge in [0.15, 0.2) is 0 Å². The standard InChI is InChI=1S/C21H28N6O3/c1-26(15-18-14-22-10-11-23-18)19(28)7-3-6-12-27-16-17(24-25-27)13-21(20(29)30)8-4-2-5-9-21/h2,4,10-11,14,16H,3,5-9,12-13,15H2,1H3,(H,29,30). The second-order valence-corrected chi connectivity index (χ2v) is 7.85. The van der Waals surface area contributed by atoms with E-state index in [0.717, 1.165) is 25.0 Å². The minimum atomic E-state index is -0.782. The highest BCUT2D eigenvalue weighted by Crippen LogP contribution is 2.36. The van der Waals surface area contributed by atoms with Crippen LogP contribution in [0.5, 0.6) is 0 Å². The molecular weight excluding hydrogens is 384 g/mol. The van der Waals surface area contributed by atoms with Gasteiger partial charge < -0.3 is 10.0 Å². The van der Waals surface area contributed by atoms with Crippen molar-refractivity contribution in [3.8, 4) is 0 Å². The van der Waals surface area contributed by atoms with Crippen molar-refractivity contribution in [2.24, 2.45) is 5.41 Å². The van der Waals surface area contributed by atoms with Gasteiger partial charge in [0.05, 0.1) is 29.5 Å². The number of amides is 1. The molecule has 0 radical (unpaired) electrons. The van der Waals surface area contributed by atoms with Crippen molar-refractivity contribution in [3.05, 3.63) is 48.3 Å². The lowest BCUT2D eigenvalue weighted by atomic mass is 9.74. The number of unbranched alkanes of at least 4 members (excludes halogenated alkanes) is 1. The van der Waals surface area contributed by atoms with Crippen LogP contribution in [0.4, 0.5) is 0 Å². The molecule has 1 aliphatic carbocycles. The first-order valence-electron chi connectivity index (χ1n) is 10.2. The molecule has 160 valence electrons. The van der Waals surface area contributed by atoms with Gasteiger partial charge in [0.2, 0.25) is 5.91 Å². The van der Waals surface area contributed by atoms with Crippen LogP contribution in [0.25, 0.3) is 0 Å². The second kappa shape index (κ2) is 10.1. The van der Waals surface area contributed by atoms with Gasteiger partial charge >= 0.3 is 5.97 Å². The Balaban J connectivity index is 1.41. The number of nitrogens with zero attached hydrogens (tertiary/aromatic N) is 6. The number of allylic oxidation sites excluding steroid dienone is 2. The predicted molar refractivity (Wildman–Crippen MR) is 109 cm³/mol. The van der Waals surface area contributed by atoms with Crippen LogP contribution >= 0.6 is 0 Å².